The summed E-state index contributed by atoms with van der Waals surface area (Å²) in [4.78, 5) is 10.8. The smallest absolute Gasteiger partial charge is 0.347 e. The normalized spacial score (nSPS) is 15.4. The Morgan fingerprint density at radius 1 is 0.714 bits per heavy atom. The van der Waals surface area contributed by atoms with Gasteiger partial charge in [-0.2, -0.15) is 61.5 Å². The van der Waals surface area contributed by atoms with Crippen LogP contribution in [0.5, 0.6) is 0 Å². The minimum atomic E-state index is -8.26. The van der Waals surface area contributed by atoms with Gasteiger partial charge in [0.05, 0.1) is 0 Å². The van der Waals surface area contributed by atoms with Crippen molar-refractivity contribution in [2.24, 2.45) is 0 Å². The molecule has 0 aliphatic rings. The monoisotopic (exact) mass is 469 g/mol. The lowest BCUT2D eigenvalue weighted by atomic mass is 9.91. The number of hydrogen-bond donors (Lipinski definition) is 1. The summed E-state index contributed by atoms with van der Waals surface area (Å²) in [6, 6.07) is 0. The minimum Gasteiger partial charge on any atom is -0.347 e. The Morgan fingerprint density at radius 2 is 1.04 bits per heavy atom. The van der Waals surface area contributed by atoms with Gasteiger partial charge in [0, 0.05) is 6.54 Å². The van der Waals surface area contributed by atoms with E-state index in [1.807, 2.05) is 0 Å². The van der Waals surface area contributed by atoms with Gasteiger partial charge in [-0.3, -0.25) is 4.79 Å². The Labute approximate surface area is 150 Å². The van der Waals surface area contributed by atoms with Crippen molar-refractivity contribution in [1.82, 2.24) is 5.32 Å². The lowest BCUT2D eigenvalue weighted by Gasteiger charge is -2.41. The zero-order valence-electron chi connectivity index (χ0n) is 12.6. The Hall–Kier alpha value is -1.48. The van der Waals surface area contributed by atoms with Crippen LogP contribution in [0.4, 0.5) is 61.5 Å². The second kappa shape index (κ2) is 7.09. The first kappa shape index (κ1) is 26.5. The molecular formula is C11H6ClF14NO. The summed E-state index contributed by atoms with van der Waals surface area (Å²) in [6.45, 7) is 1.64. The van der Waals surface area contributed by atoms with E-state index in [4.69, 9.17) is 0 Å². The van der Waals surface area contributed by atoms with E-state index < -0.39 is 53.4 Å². The number of alkyl halides is 15. The standard InChI is InChI=1S/C11H6ClF14NO/c1-2-3-27-4(28)5(13,14)6(15,16)7(17,18)8(19,20)9(21,22)10(23,24)11(12,25)26/h2H,1,3H2,(H,27,28). The molecular weight excluding hydrogens is 464 g/mol. The predicted molar refractivity (Wildman–Crippen MR) is 63.7 cm³/mol. The number of carbonyl (C=O) groups excluding carboxylic acids is 1. The predicted octanol–water partition coefficient (Wildman–Crippen LogP) is 4.93. The quantitative estimate of drug-likeness (QED) is 0.290. The van der Waals surface area contributed by atoms with Crippen LogP contribution >= 0.6 is 11.6 Å². The zero-order chi connectivity index (χ0) is 23.2. The number of hydrogen-bond acceptors (Lipinski definition) is 1. The van der Waals surface area contributed by atoms with Crippen molar-refractivity contribution < 1.29 is 66.3 Å². The van der Waals surface area contributed by atoms with Gasteiger partial charge in [-0.05, 0) is 11.6 Å². The van der Waals surface area contributed by atoms with Crippen LogP contribution in [0, 0.1) is 0 Å². The van der Waals surface area contributed by atoms with Crippen molar-refractivity contribution in [3.63, 3.8) is 0 Å². The second-order valence-corrected chi connectivity index (χ2v) is 5.42. The molecule has 0 unspecified atom stereocenters. The van der Waals surface area contributed by atoms with Gasteiger partial charge in [0.1, 0.15) is 0 Å². The molecule has 0 aliphatic carbocycles. The molecule has 0 saturated carbocycles. The number of amides is 1. The van der Waals surface area contributed by atoms with Crippen LogP contribution < -0.4 is 5.32 Å². The molecule has 0 saturated heterocycles. The largest absolute Gasteiger partial charge is 0.393 e. The van der Waals surface area contributed by atoms with Gasteiger partial charge in [-0.25, -0.2) is 0 Å². The van der Waals surface area contributed by atoms with E-state index >= 15 is 0 Å². The molecule has 0 spiro atoms. The topological polar surface area (TPSA) is 29.1 Å². The van der Waals surface area contributed by atoms with Gasteiger partial charge >= 0.3 is 40.9 Å². The summed E-state index contributed by atoms with van der Waals surface area (Å²) in [5.41, 5.74) is 0. The van der Waals surface area contributed by atoms with Crippen LogP contribution in [-0.2, 0) is 4.79 Å². The SMILES string of the molecule is C=CCNC(=O)C(F)(F)C(F)(F)C(F)(F)C(F)(F)C(F)(F)C(F)(F)C(F)(F)Cl. The third kappa shape index (κ3) is 3.47. The summed E-state index contributed by atoms with van der Waals surface area (Å²) >= 11 is 3.43. The van der Waals surface area contributed by atoms with E-state index in [1.165, 1.54) is 0 Å². The summed E-state index contributed by atoms with van der Waals surface area (Å²) in [5.74, 6) is -50.2. The minimum absolute atomic E-state index is 0.510. The molecule has 0 fully saturated rings. The fourth-order valence-electron chi connectivity index (χ4n) is 1.39. The molecule has 17 heteroatoms. The summed E-state index contributed by atoms with van der Waals surface area (Å²) < 4.78 is 182. The molecule has 2 nitrogen and oxygen atoms in total. The zero-order valence-corrected chi connectivity index (χ0v) is 13.3. The molecule has 0 heterocycles. The molecule has 0 atom stereocenters. The van der Waals surface area contributed by atoms with Crippen LogP contribution in [0.2, 0.25) is 0 Å². The molecule has 0 aromatic heterocycles. The van der Waals surface area contributed by atoms with Crippen molar-refractivity contribution in [2.75, 3.05) is 6.54 Å². The molecule has 0 aromatic carbocycles. The van der Waals surface area contributed by atoms with Gasteiger partial charge in [0.25, 0.3) is 5.91 Å². The Kier molecular flexibility index (Phi) is 6.72. The fourth-order valence-corrected chi connectivity index (χ4v) is 1.50. The first-order chi connectivity index (χ1) is 12.0. The highest BCUT2D eigenvalue weighted by atomic mass is 35.5. The van der Waals surface area contributed by atoms with E-state index in [-0.39, 0.29) is 0 Å². The fraction of sp³-hybridized carbons (Fsp3) is 0.727. The van der Waals surface area contributed by atoms with E-state index in [9.17, 15) is 66.3 Å². The molecule has 0 radical (unpaired) electrons. The average Bonchev–Trinajstić information content (AvgIpc) is 2.50. The Balaban J connectivity index is 6.47. The van der Waals surface area contributed by atoms with E-state index in [0.717, 1.165) is 5.32 Å². The van der Waals surface area contributed by atoms with Crippen molar-refractivity contribution in [3.8, 4) is 0 Å². The highest BCUT2D eigenvalue weighted by Crippen LogP contribution is 2.62. The van der Waals surface area contributed by atoms with Crippen LogP contribution in [-0.4, -0.2) is 53.4 Å². The van der Waals surface area contributed by atoms with Crippen molar-refractivity contribution in [1.29, 1.82) is 0 Å². The van der Waals surface area contributed by atoms with Crippen molar-refractivity contribution >= 4 is 17.5 Å². The summed E-state index contributed by atoms with van der Waals surface area (Å²) in [6.07, 6.45) is 0.510. The molecule has 166 valence electrons. The maximum Gasteiger partial charge on any atom is 0.393 e. The van der Waals surface area contributed by atoms with E-state index in [1.54, 1.807) is 0 Å². The van der Waals surface area contributed by atoms with Crippen molar-refractivity contribution in [3.05, 3.63) is 12.7 Å². The molecule has 1 N–H and O–H groups in total. The highest BCUT2D eigenvalue weighted by molar-refractivity contribution is 6.22. The first-order valence-electron chi connectivity index (χ1n) is 6.21. The average molecular weight is 470 g/mol. The lowest BCUT2D eigenvalue weighted by Crippen LogP contribution is -2.73. The Bertz CT molecular complexity index is 611. The van der Waals surface area contributed by atoms with Crippen molar-refractivity contribution in [2.45, 2.75) is 40.9 Å². The molecule has 0 aromatic rings. The van der Waals surface area contributed by atoms with Gasteiger partial charge < -0.3 is 5.32 Å². The molecule has 1 amide bonds. The molecule has 28 heavy (non-hydrogen) atoms. The maximum atomic E-state index is 13.3. The van der Waals surface area contributed by atoms with Crippen LogP contribution in [0.3, 0.4) is 0 Å². The highest BCUT2D eigenvalue weighted by Gasteiger charge is 2.93. The van der Waals surface area contributed by atoms with Gasteiger partial charge in [0.15, 0.2) is 0 Å². The third-order valence-corrected chi connectivity index (χ3v) is 3.26. The van der Waals surface area contributed by atoms with E-state index in [0.29, 0.717) is 6.08 Å². The van der Waals surface area contributed by atoms with Crippen LogP contribution in [0.1, 0.15) is 0 Å². The van der Waals surface area contributed by atoms with Gasteiger partial charge in [-0.15, -0.1) is 6.58 Å². The number of carbonyl (C=O) groups is 1. The molecule has 0 bridgehead atoms. The van der Waals surface area contributed by atoms with Crippen LogP contribution in [0.15, 0.2) is 12.7 Å². The van der Waals surface area contributed by atoms with Crippen LogP contribution in [0.25, 0.3) is 0 Å². The number of nitrogens with one attached hydrogen (secondary N) is 1. The maximum absolute atomic E-state index is 13.3. The third-order valence-electron chi connectivity index (χ3n) is 3.02. The second-order valence-electron chi connectivity index (χ2n) is 4.94. The number of rotatable bonds is 9. The summed E-state index contributed by atoms with van der Waals surface area (Å²) in [7, 11) is 0. The number of halogens is 15. The lowest BCUT2D eigenvalue weighted by molar-refractivity contribution is -0.431. The van der Waals surface area contributed by atoms with Gasteiger partial charge in [-0.1, -0.05) is 6.08 Å². The Morgan fingerprint density at radius 3 is 1.36 bits per heavy atom. The van der Waals surface area contributed by atoms with E-state index in [2.05, 4.69) is 18.2 Å². The first-order valence-corrected chi connectivity index (χ1v) is 6.59. The summed E-state index contributed by atoms with van der Waals surface area (Å²) in [5, 5.41) is -5.95. The molecule has 0 rings (SSSR count). The van der Waals surface area contributed by atoms with Gasteiger partial charge in [0.2, 0.25) is 0 Å². The molecule has 0 aliphatic heterocycles.